The molecular weight excluding hydrogens is 501 g/mol. The van der Waals surface area contributed by atoms with E-state index in [-0.39, 0.29) is 22.9 Å². The second-order valence-electron chi connectivity index (χ2n) is 8.88. The number of anilines is 2. The summed E-state index contributed by atoms with van der Waals surface area (Å²) in [6, 6.07) is 9.79. The van der Waals surface area contributed by atoms with Gasteiger partial charge in [-0.2, -0.15) is 0 Å². The zero-order valence-electron chi connectivity index (χ0n) is 20.3. The van der Waals surface area contributed by atoms with Crippen molar-refractivity contribution in [3.05, 3.63) is 65.0 Å². The predicted molar refractivity (Wildman–Crippen MR) is 136 cm³/mol. The highest BCUT2D eigenvalue weighted by Crippen LogP contribution is 2.39. The van der Waals surface area contributed by atoms with Crippen molar-refractivity contribution in [2.75, 3.05) is 25.5 Å². The molecule has 0 aliphatic carbocycles. The van der Waals surface area contributed by atoms with Crippen LogP contribution < -0.4 is 20.1 Å². The first-order valence-corrected chi connectivity index (χ1v) is 12.2. The van der Waals surface area contributed by atoms with Crippen LogP contribution in [0.4, 0.5) is 15.9 Å². The Morgan fingerprint density at radius 3 is 2.86 bits per heavy atom. The number of hydrogen-bond donors (Lipinski definition) is 2. The molecule has 2 N–H and O–H groups in total. The van der Waals surface area contributed by atoms with E-state index in [2.05, 4.69) is 25.8 Å². The van der Waals surface area contributed by atoms with Gasteiger partial charge in [-0.05, 0) is 44.5 Å². The molecule has 0 bridgehead atoms. The molecule has 3 heterocycles. The molecule has 9 nitrogen and oxygen atoms in total. The first-order chi connectivity index (χ1) is 17.9. The lowest BCUT2D eigenvalue weighted by molar-refractivity contribution is -0.135. The minimum absolute atomic E-state index is 0.0127. The van der Waals surface area contributed by atoms with E-state index >= 15 is 0 Å². The van der Waals surface area contributed by atoms with Crippen LogP contribution in [0.25, 0.3) is 10.9 Å². The second kappa shape index (κ2) is 10.3. The van der Waals surface area contributed by atoms with Crippen molar-refractivity contribution < 1.29 is 23.2 Å². The number of carbonyl (C=O) groups is 1. The van der Waals surface area contributed by atoms with Crippen LogP contribution in [0.2, 0.25) is 5.02 Å². The fraction of sp³-hybridized carbons (Fsp3) is 0.308. The highest BCUT2D eigenvalue weighted by Gasteiger charge is 2.42. The van der Waals surface area contributed by atoms with Gasteiger partial charge in [-0.15, -0.1) is 0 Å². The number of aromatic nitrogens is 3. The number of ketones is 1. The number of aryl methyl sites for hydroxylation is 1. The van der Waals surface area contributed by atoms with E-state index in [0.717, 1.165) is 13.0 Å². The maximum Gasteiger partial charge on any atom is 0.185 e. The number of benzene rings is 2. The number of nitrogens with zero attached hydrogens (tertiary/aromatic N) is 3. The van der Waals surface area contributed by atoms with Crippen LogP contribution in [-0.4, -0.2) is 46.7 Å². The van der Waals surface area contributed by atoms with E-state index in [4.69, 9.17) is 25.6 Å². The summed E-state index contributed by atoms with van der Waals surface area (Å²) in [6.07, 6.45) is 2.67. The van der Waals surface area contributed by atoms with Crippen molar-refractivity contribution in [1.29, 1.82) is 0 Å². The number of piperidine rings is 1. The van der Waals surface area contributed by atoms with Gasteiger partial charge in [0.05, 0.1) is 35.5 Å². The zero-order chi connectivity index (χ0) is 26.0. The molecule has 2 aromatic carbocycles. The molecule has 0 spiro atoms. The van der Waals surface area contributed by atoms with Crippen molar-refractivity contribution in [2.24, 2.45) is 0 Å². The third-order valence-corrected chi connectivity index (χ3v) is 6.59. The van der Waals surface area contributed by atoms with Gasteiger partial charge in [-0.1, -0.05) is 22.8 Å². The summed E-state index contributed by atoms with van der Waals surface area (Å²) in [5, 5.41) is 10.7. The lowest BCUT2D eigenvalue weighted by atomic mass is 9.87. The summed E-state index contributed by atoms with van der Waals surface area (Å²) in [7, 11) is 1.51. The number of nitrogens with one attached hydrogen (secondary N) is 2. The molecule has 0 amide bonds. The van der Waals surface area contributed by atoms with Crippen LogP contribution in [0, 0.1) is 12.7 Å². The SMILES string of the molecule is COc1cc2ncnc(Nc3cccc(Cl)c3F)c2cc1O[C@]1(C(=O)Cc2cc(C)no2)CCCNC1. The average Bonchev–Trinajstić information content (AvgIpc) is 3.31. The molecule has 192 valence electrons. The zero-order valence-corrected chi connectivity index (χ0v) is 21.1. The summed E-state index contributed by atoms with van der Waals surface area (Å²) in [4.78, 5) is 22.2. The molecule has 4 aromatic rings. The molecule has 1 atom stereocenters. The lowest BCUT2D eigenvalue weighted by Crippen LogP contribution is -2.56. The molecule has 1 saturated heterocycles. The van der Waals surface area contributed by atoms with Crippen LogP contribution in [0.3, 0.4) is 0 Å². The molecule has 0 unspecified atom stereocenters. The van der Waals surface area contributed by atoms with E-state index in [9.17, 15) is 9.18 Å². The van der Waals surface area contributed by atoms with E-state index in [1.54, 1.807) is 37.3 Å². The Kier molecular flexibility index (Phi) is 6.94. The fourth-order valence-electron chi connectivity index (χ4n) is 4.42. The molecule has 1 aliphatic rings. The van der Waals surface area contributed by atoms with E-state index in [0.29, 0.717) is 52.6 Å². The monoisotopic (exact) mass is 525 g/mol. The van der Waals surface area contributed by atoms with Gasteiger partial charge in [-0.3, -0.25) is 4.79 Å². The average molecular weight is 526 g/mol. The Bertz CT molecular complexity index is 1450. The lowest BCUT2D eigenvalue weighted by Gasteiger charge is -2.37. The van der Waals surface area contributed by atoms with Gasteiger partial charge in [0.15, 0.2) is 28.7 Å². The van der Waals surface area contributed by atoms with Gasteiger partial charge < -0.3 is 24.6 Å². The Hall–Kier alpha value is -3.76. The second-order valence-corrected chi connectivity index (χ2v) is 9.29. The number of ether oxygens (including phenoxy) is 2. The van der Waals surface area contributed by atoms with Gasteiger partial charge in [0.25, 0.3) is 0 Å². The molecule has 1 aliphatic heterocycles. The summed E-state index contributed by atoms with van der Waals surface area (Å²) in [5.41, 5.74) is 0.258. The van der Waals surface area contributed by atoms with E-state index in [1.165, 1.54) is 19.5 Å². The van der Waals surface area contributed by atoms with Crippen molar-refractivity contribution in [2.45, 2.75) is 31.8 Å². The van der Waals surface area contributed by atoms with E-state index < -0.39 is 11.4 Å². The van der Waals surface area contributed by atoms with Crippen LogP contribution in [0.5, 0.6) is 11.5 Å². The third kappa shape index (κ3) is 5.07. The number of methoxy groups -OCH3 is 1. The number of hydrogen-bond acceptors (Lipinski definition) is 9. The van der Waals surface area contributed by atoms with Crippen LogP contribution in [-0.2, 0) is 11.2 Å². The van der Waals surface area contributed by atoms with Crippen molar-refractivity contribution >= 4 is 39.8 Å². The summed E-state index contributed by atoms with van der Waals surface area (Å²) in [6.45, 7) is 2.90. The normalized spacial score (nSPS) is 17.5. The Balaban J connectivity index is 1.53. The standard InChI is InChI=1S/C26H25ClFN5O4/c1-15-9-16(37-33-15)10-23(34)26(7-4-8-29-13-26)36-22-11-17-20(12-21(22)35-2)30-14-31-25(17)32-19-6-3-5-18(27)24(19)28/h3,5-6,9,11-12,14,29H,4,7-8,10,13H2,1-2H3,(H,30,31,32)/t26-/m1/s1. The van der Waals surface area contributed by atoms with Crippen LogP contribution in [0.1, 0.15) is 24.3 Å². The summed E-state index contributed by atoms with van der Waals surface area (Å²) in [5.74, 6) is 0.829. The number of carbonyl (C=O) groups excluding carboxylic acids is 1. The van der Waals surface area contributed by atoms with Crippen LogP contribution >= 0.6 is 11.6 Å². The largest absolute Gasteiger partial charge is 0.493 e. The molecule has 1 fully saturated rings. The molecule has 2 aromatic heterocycles. The number of Topliss-reactive ketones (excluding diaryl/α,β-unsaturated/α-hetero) is 1. The number of rotatable bonds is 8. The Morgan fingerprint density at radius 1 is 1.27 bits per heavy atom. The minimum atomic E-state index is -1.15. The maximum absolute atomic E-state index is 14.6. The Morgan fingerprint density at radius 2 is 2.14 bits per heavy atom. The van der Waals surface area contributed by atoms with Gasteiger partial charge >= 0.3 is 0 Å². The summed E-state index contributed by atoms with van der Waals surface area (Å²) >= 11 is 5.94. The quantitative estimate of drug-likeness (QED) is 0.335. The highest BCUT2D eigenvalue weighted by molar-refractivity contribution is 6.31. The van der Waals surface area contributed by atoms with Gasteiger partial charge in [-0.25, -0.2) is 14.4 Å². The van der Waals surface area contributed by atoms with E-state index in [1.807, 2.05) is 0 Å². The maximum atomic E-state index is 14.6. The first-order valence-electron chi connectivity index (χ1n) is 11.8. The molecule has 5 rings (SSSR count). The van der Waals surface area contributed by atoms with Crippen molar-refractivity contribution in [3.63, 3.8) is 0 Å². The fourth-order valence-corrected chi connectivity index (χ4v) is 4.59. The number of fused-ring (bicyclic) bond motifs is 1. The van der Waals surface area contributed by atoms with Crippen molar-refractivity contribution in [3.8, 4) is 11.5 Å². The topological polar surface area (TPSA) is 111 Å². The molecule has 0 saturated carbocycles. The molecule has 11 heteroatoms. The molecule has 0 radical (unpaired) electrons. The van der Waals surface area contributed by atoms with Crippen LogP contribution in [0.15, 0.2) is 47.2 Å². The molecule has 37 heavy (non-hydrogen) atoms. The smallest absolute Gasteiger partial charge is 0.185 e. The Labute approximate surface area is 217 Å². The predicted octanol–water partition coefficient (Wildman–Crippen LogP) is 4.78. The third-order valence-electron chi connectivity index (χ3n) is 6.30. The number of halogens is 2. The van der Waals surface area contributed by atoms with Gasteiger partial charge in [0.2, 0.25) is 0 Å². The van der Waals surface area contributed by atoms with Crippen molar-refractivity contribution in [1.82, 2.24) is 20.4 Å². The minimum Gasteiger partial charge on any atom is -0.493 e. The first kappa shape index (κ1) is 24.9. The van der Waals surface area contributed by atoms with Gasteiger partial charge in [0, 0.05) is 24.1 Å². The molecular formula is C26H25ClFN5O4. The highest BCUT2D eigenvalue weighted by atomic mass is 35.5. The van der Waals surface area contributed by atoms with Gasteiger partial charge in [0.1, 0.15) is 17.9 Å². The summed E-state index contributed by atoms with van der Waals surface area (Å²) < 4.78 is 31.9.